The minimum atomic E-state index is -1.07. The summed E-state index contributed by atoms with van der Waals surface area (Å²) < 4.78 is 1.66. The third kappa shape index (κ3) is 3.78. The number of amides is 2. The lowest BCUT2D eigenvalue weighted by Crippen LogP contribution is -2.44. The number of nitrogens with zero attached hydrogens (tertiary/aromatic N) is 2. The summed E-state index contributed by atoms with van der Waals surface area (Å²) in [5.41, 5.74) is 1.73. The van der Waals surface area contributed by atoms with Crippen molar-refractivity contribution in [1.82, 2.24) is 20.4 Å². The number of aromatic nitrogens is 2. The van der Waals surface area contributed by atoms with Crippen molar-refractivity contribution in [2.24, 2.45) is 7.05 Å². The van der Waals surface area contributed by atoms with Gasteiger partial charge in [0.2, 0.25) is 0 Å². The smallest absolute Gasteiger partial charge is 0.325 e. The maximum absolute atomic E-state index is 11.3. The van der Waals surface area contributed by atoms with Crippen LogP contribution in [0.2, 0.25) is 0 Å². The van der Waals surface area contributed by atoms with E-state index in [9.17, 15) is 9.59 Å². The first-order valence-electron chi connectivity index (χ1n) is 5.16. The molecule has 0 aromatic carbocycles. The number of carbonyl (C=O) groups is 2. The van der Waals surface area contributed by atoms with Crippen LogP contribution >= 0.6 is 0 Å². The minimum absolute atomic E-state index is 0.317. The van der Waals surface area contributed by atoms with Gasteiger partial charge in [-0.1, -0.05) is 0 Å². The molecule has 0 saturated heterocycles. The molecule has 0 bridgehead atoms. The minimum Gasteiger partial charge on any atom is -0.480 e. The van der Waals surface area contributed by atoms with Gasteiger partial charge >= 0.3 is 12.0 Å². The summed E-state index contributed by atoms with van der Waals surface area (Å²) in [5, 5.41) is 17.6. The molecule has 2 amide bonds. The largest absolute Gasteiger partial charge is 0.480 e. The van der Waals surface area contributed by atoms with Crippen molar-refractivity contribution in [3.8, 4) is 0 Å². The van der Waals surface area contributed by atoms with Gasteiger partial charge < -0.3 is 15.7 Å². The van der Waals surface area contributed by atoms with Crippen LogP contribution in [0, 0.1) is 6.92 Å². The van der Waals surface area contributed by atoms with Crippen LogP contribution in [0.1, 0.15) is 18.2 Å². The van der Waals surface area contributed by atoms with Gasteiger partial charge in [0, 0.05) is 25.4 Å². The number of hydrogen-bond acceptors (Lipinski definition) is 3. The van der Waals surface area contributed by atoms with Crippen molar-refractivity contribution >= 4 is 12.0 Å². The lowest BCUT2D eigenvalue weighted by molar-refractivity contribution is -0.138. The van der Waals surface area contributed by atoms with Crippen LogP contribution < -0.4 is 10.6 Å². The molecule has 17 heavy (non-hydrogen) atoms. The fourth-order valence-electron chi connectivity index (χ4n) is 1.31. The predicted octanol–water partition coefficient (Wildman–Crippen LogP) is 0.000820. The zero-order chi connectivity index (χ0) is 13.0. The van der Waals surface area contributed by atoms with Gasteiger partial charge in [-0.25, -0.2) is 4.79 Å². The Balaban J connectivity index is 2.43. The van der Waals surface area contributed by atoms with Gasteiger partial charge in [0.1, 0.15) is 6.04 Å². The van der Waals surface area contributed by atoms with E-state index in [-0.39, 0.29) is 0 Å². The Bertz CT molecular complexity index is 427. The molecule has 0 spiro atoms. The molecule has 94 valence electrons. The van der Waals surface area contributed by atoms with E-state index in [4.69, 9.17) is 5.11 Å². The summed E-state index contributed by atoms with van der Waals surface area (Å²) in [6.45, 7) is 3.56. The second-order valence-corrected chi connectivity index (χ2v) is 3.80. The highest BCUT2D eigenvalue weighted by atomic mass is 16.4. The molecule has 1 aromatic heterocycles. The number of carboxylic acids is 1. The number of aryl methyl sites for hydroxylation is 2. The zero-order valence-electron chi connectivity index (χ0n) is 10.0. The van der Waals surface area contributed by atoms with E-state index in [1.807, 2.05) is 6.92 Å². The van der Waals surface area contributed by atoms with E-state index >= 15 is 0 Å². The molecule has 0 aliphatic carbocycles. The summed E-state index contributed by atoms with van der Waals surface area (Å²) in [4.78, 5) is 21.8. The zero-order valence-corrected chi connectivity index (χ0v) is 10.0. The topological polar surface area (TPSA) is 96.3 Å². The van der Waals surface area contributed by atoms with Gasteiger partial charge in [0.25, 0.3) is 0 Å². The Hall–Kier alpha value is -2.05. The van der Waals surface area contributed by atoms with Gasteiger partial charge in [-0.15, -0.1) is 0 Å². The fraction of sp³-hybridized carbons (Fsp3) is 0.500. The molecular formula is C10H16N4O3. The SMILES string of the molecule is Cc1nn(C)cc1CNC(=O)NC(C)C(=O)O. The molecule has 1 rings (SSSR count). The van der Waals surface area contributed by atoms with Crippen molar-refractivity contribution in [1.29, 1.82) is 0 Å². The molecule has 7 heteroatoms. The summed E-state index contributed by atoms with van der Waals surface area (Å²) in [7, 11) is 1.79. The van der Waals surface area contributed by atoms with Crippen molar-refractivity contribution in [2.75, 3.05) is 0 Å². The number of hydrogen-bond donors (Lipinski definition) is 3. The number of urea groups is 1. The molecule has 1 atom stereocenters. The van der Waals surface area contributed by atoms with Gasteiger partial charge in [0.05, 0.1) is 5.69 Å². The summed E-state index contributed by atoms with van der Waals surface area (Å²) in [6, 6.07) is -1.42. The van der Waals surface area contributed by atoms with Crippen LogP contribution in [0.15, 0.2) is 6.20 Å². The normalized spacial score (nSPS) is 11.9. The molecular weight excluding hydrogens is 224 g/mol. The van der Waals surface area contributed by atoms with Crippen molar-refractivity contribution in [3.05, 3.63) is 17.5 Å². The number of rotatable bonds is 4. The second-order valence-electron chi connectivity index (χ2n) is 3.80. The Morgan fingerprint density at radius 2 is 2.24 bits per heavy atom. The lowest BCUT2D eigenvalue weighted by atomic mass is 10.3. The number of nitrogens with one attached hydrogen (secondary N) is 2. The van der Waals surface area contributed by atoms with Crippen LogP contribution in [0.5, 0.6) is 0 Å². The average Bonchev–Trinajstić information content (AvgIpc) is 2.54. The lowest BCUT2D eigenvalue weighted by Gasteiger charge is -2.10. The van der Waals surface area contributed by atoms with Crippen molar-refractivity contribution in [2.45, 2.75) is 26.4 Å². The maximum atomic E-state index is 11.3. The summed E-state index contributed by atoms with van der Waals surface area (Å²) >= 11 is 0. The molecule has 0 aliphatic rings. The Morgan fingerprint density at radius 3 is 2.71 bits per heavy atom. The molecule has 0 saturated carbocycles. The van der Waals surface area contributed by atoms with Crippen LogP contribution in [0.25, 0.3) is 0 Å². The number of carbonyl (C=O) groups excluding carboxylic acids is 1. The van der Waals surface area contributed by atoms with Gasteiger partial charge in [0.15, 0.2) is 0 Å². The molecule has 7 nitrogen and oxygen atoms in total. The first-order chi connectivity index (χ1) is 7.90. The number of carboxylic acid groups (broad SMARTS) is 1. The first kappa shape index (κ1) is 13.0. The van der Waals surface area contributed by atoms with Crippen LogP contribution in [0.3, 0.4) is 0 Å². The van der Waals surface area contributed by atoms with E-state index in [1.54, 1.807) is 17.9 Å². The maximum Gasteiger partial charge on any atom is 0.325 e. The second kappa shape index (κ2) is 5.33. The van der Waals surface area contributed by atoms with Gasteiger partial charge in [-0.2, -0.15) is 5.10 Å². The van der Waals surface area contributed by atoms with E-state index in [0.29, 0.717) is 6.54 Å². The first-order valence-corrected chi connectivity index (χ1v) is 5.16. The molecule has 1 heterocycles. The third-order valence-electron chi connectivity index (χ3n) is 2.27. The predicted molar refractivity (Wildman–Crippen MR) is 60.4 cm³/mol. The van der Waals surface area contributed by atoms with Gasteiger partial charge in [-0.05, 0) is 13.8 Å². The van der Waals surface area contributed by atoms with Gasteiger partial charge in [-0.3, -0.25) is 9.48 Å². The molecule has 1 aromatic rings. The quantitative estimate of drug-likeness (QED) is 0.690. The molecule has 3 N–H and O–H groups in total. The standard InChI is InChI=1S/C10H16N4O3/c1-6-8(5-14(3)13-6)4-11-10(17)12-7(2)9(15)16/h5,7H,4H2,1-3H3,(H,15,16)(H2,11,12,17). The van der Waals surface area contributed by atoms with Crippen molar-refractivity contribution in [3.63, 3.8) is 0 Å². The van der Waals surface area contributed by atoms with E-state index < -0.39 is 18.0 Å². The highest BCUT2D eigenvalue weighted by molar-refractivity contribution is 5.82. The number of aliphatic carboxylic acids is 1. The van der Waals surface area contributed by atoms with E-state index in [2.05, 4.69) is 15.7 Å². The Labute approximate surface area is 98.8 Å². The fourth-order valence-corrected chi connectivity index (χ4v) is 1.31. The van der Waals surface area contributed by atoms with E-state index in [1.165, 1.54) is 6.92 Å². The monoisotopic (exact) mass is 240 g/mol. The summed E-state index contributed by atoms with van der Waals surface area (Å²) in [5.74, 6) is -1.07. The molecule has 0 aliphatic heterocycles. The van der Waals surface area contributed by atoms with E-state index in [0.717, 1.165) is 11.3 Å². The summed E-state index contributed by atoms with van der Waals surface area (Å²) in [6.07, 6.45) is 1.80. The molecule has 1 unspecified atom stereocenters. The van der Waals surface area contributed by atoms with Crippen LogP contribution in [0.4, 0.5) is 4.79 Å². The molecule has 0 radical (unpaired) electrons. The highest BCUT2D eigenvalue weighted by Gasteiger charge is 2.13. The average molecular weight is 240 g/mol. The third-order valence-corrected chi connectivity index (χ3v) is 2.27. The Morgan fingerprint density at radius 1 is 1.59 bits per heavy atom. The Kier molecular flexibility index (Phi) is 4.08. The van der Waals surface area contributed by atoms with Crippen molar-refractivity contribution < 1.29 is 14.7 Å². The van der Waals surface area contributed by atoms with Crippen LogP contribution in [-0.2, 0) is 18.4 Å². The molecule has 0 fully saturated rings. The highest BCUT2D eigenvalue weighted by Crippen LogP contribution is 2.03. The van der Waals surface area contributed by atoms with Crippen LogP contribution in [-0.4, -0.2) is 32.9 Å².